The second-order valence-electron chi connectivity index (χ2n) is 5.37. The highest BCUT2D eigenvalue weighted by Gasteiger charge is 2.16. The molecule has 116 valence electrons. The summed E-state index contributed by atoms with van der Waals surface area (Å²) in [5.41, 5.74) is 1.95. The fraction of sp³-hybridized carbons (Fsp3) is 0.150. The van der Waals surface area contributed by atoms with Gasteiger partial charge in [-0.25, -0.2) is 0 Å². The number of rotatable bonds is 3. The fourth-order valence-corrected chi connectivity index (χ4v) is 2.94. The first kappa shape index (κ1) is 15.1. The second kappa shape index (κ2) is 5.76. The van der Waals surface area contributed by atoms with Gasteiger partial charge in [-0.2, -0.15) is 0 Å². The quantitative estimate of drug-likeness (QED) is 0.643. The van der Waals surface area contributed by atoms with Crippen molar-refractivity contribution in [2.24, 2.45) is 0 Å². The number of allylic oxidation sites excluding steroid dienone is 1. The monoisotopic (exact) mass is 306 g/mol. The minimum atomic E-state index is -0.0752. The van der Waals surface area contributed by atoms with E-state index in [4.69, 9.17) is 9.15 Å². The zero-order valence-corrected chi connectivity index (χ0v) is 13.5. The molecule has 0 aliphatic carbocycles. The number of fused-ring (bicyclic) bond motifs is 3. The topological polar surface area (TPSA) is 39.4 Å². The van der Waals surface area contributed by atoms with E-state index in [1.165, 1.54) is 0 Å². The Bertz CT molecular complexity index is 1010. The Labute approximate surface area is 134 Å². The van der Waals surface area contributed by atoms with Crippen molar-refractivity contribution in [1.82, 2.24) is 0 Å². The van der Waals surface area contributed by atoms with Gasteiger partial charge in [0.2, 0.25) is 5.43 Å². The minimum absolute atomic E-state index is 0.0752. The fourth-order valence-electron chi connectivity index (χ4n) is 2.94. The number of hydrogen-bond donors (Lipinski definition) is 0. The predicted octanol–water partition coefficient (Wildman–Crippen LogP) is 4.94. The van der Waals surface area contributed by atoms with Crippen molar-refractivity contribution in [1.29, 1.82) is 0 Å². The maximum absolute atomic E-state index is 13.1. The van der Waals surface area contributed by atoms with Gasteiger partial charge in [-0.3, -0.25) is 4.79 Å². The van der Waals surface area contributed by atoms with Crippen LogP contribution in [0.2, 0.25) is 0 Å². The van der Waals surface area contributed by atoms with Crippen molar-refractivity contribution in [3.63, 3.8) is 0 Å². The third-order valence-corrected chi connectivity index (χ3v) is 3.98. The van der Waals surface area contributed by atoms with Crippen molar-refractivity contribution >= 4 is 33.9 Å². The summed E-state index contributed by atoms with van der Waals surface area (Å²) in [5.74, 6) is 1.18. The van der Waals surface area contributed by atoms with Crippen molar-refractivity contribution < 1.29 is 9.15 Å². The first-order valence-electron chi connectivity index (χ1n) is 7.44. The largest absolute Gasteiger partial charge is 0.496 e. The number of benzene rings is 2. The van der Waals surface area contributed by atoms with Gasteiger partial charge in [0.15, 0.2) is 0 Å². The average Bonchev–Trinajstić information content (AvgIpc) is 2.56. The SMILES string of the molecule is C=Cc1oc2ccc3ccc(C)c(OC)c3c2c(=O)c1/C=C\C. The van der Waals surface area contributed by atoms with Gasteiger partial charge in [-0.1, -0.05) is 36.9 Å². The molecule has 23 heavy (non-hydrogen) atoms. The Morgan fingerprint density at radius 3 is 2.57 bits per heavy atom. The second-order valence-corrected chi connectivity index (χ2v) is 5.37. The van der Waals surface area contributed by atoms with E-state index < -0.39 is 0 Å². The molecule has 1 heterocycles. The Balaban J connectivity index is 2.64. The molecule has 0 bridgehead atoms. The third-order valence-electron chi connectivity index (χ3n) is 3.98. The van der Waals surface area contributed by atoms with Gasteiger partial charge in [0, 0.05) is 5.39 Å². The summed E-state index contributed by atoms with van der Waals surface area (Å²) in [6.45, 7) is 7.57. The lowest BCUT2D eigenvalue weighted by atomic mass is 9.99. The first-order valence-corrected chi connectivity index (χ1v) is 7.44. The molecule has 0 radical (unpaired) electrons. The molecular weight excluding hydrogens is 288 g/mol. The van der Waals surface area contributed by atoms with Crippen molar-refractivity contribution in [3.8, 4) is 5.75 Å². The summed E-state index contributed by atoms with van der Waals surface area (Å²) in [6, 6.07) is 7.73. The van der Waals surface area contributed by atoms with Gasteiger partial charge in [-0.05, 0) is 36.9 Å². The van der Waals surface area contributed by atoms with Gasteiger partial charge in [-0.15, -0.1) is 0 Å². The molecule has 3 nitrogen and oxygen atoms in total. The number of aryl methyl sites for hydroxylation is 1. The van der Waals surface area contributed by atoms with Crippen LogP contribution in [0.15, 0.2) is 46.1 Å². The maximum atomic E-state index is 13.1. The number of methoxy groups -OCH3 is 1. The zero-order valence-electron chi connectivity index (χ0n) is 13.5. The molecule has 0 amide bonds. The summed E-state index contributed by atoms with van der Waals surface area (Å²) in [5, 5.41) is 2.28. The van der Waals surface area contributed by atoms with Crippen LogP contribution < -0.4 is 10.2 Å². The van der Waals surface area contributed by atoms with E-state index in [0.29, 0.717) is 28.0 Å². The average molecular weight is 306 g/mol. The molecule has 0 saturated heterocycles. The van der Waals surface area contributed by atoms with E-state index in [1.54, 1.807) is 19.3 Å². The van der Waals surface area contributed by atoms with E-state index in [-0.39, 0.29) is 5.43 Å². The van der Waals surface area contributed by atoms with Crippen LogP contribution in [0.4, 0.5) is 0 Å². The minimum Gasteiger partial charge on any atom is -0.496 e. The van der Waals surface area contributed by atoms with Crippen molar-refractivity contribution in [2.45, 2.75) is 13.8 Å². The van der Waals surface area contributed by atoms with E-state index in [1.807, 2.05) is 44.2 Å². The predicted molar refractivity (Wildman–Crippen MR) is 96.1 cm³/mol. The molecule has 3 aromatic rings. The first-order chi connectivity index (χ1) is 11.1. The van der Waals surface area contributed by atoms with E-state index in [9.17, 15) is 4.79 Å². The lowest BCUT2D eigenvalue weighted by molar-refractivity contribution is 0.417. The summed E-state index contributed by atoms with van der Waals surface area (Å²) in [4.78, 5) is 13.1. The highest BCUT2D eigenvalue weighted by Crippen LogP contribution is 2.34. The van der Waals surface area contributed by atoms with Crippen LogP contribution in [0, 0.1) is 6.92 Å². The van der Waals surface area contributed by atoms with Gasteiger partial charge in [0.25, 0.3) is 0 Å². The molecule has 0 aliphatic heterocycles. The normalized spacial score (nSPS) is 11.4. The lowest BCUT2D eigenvalue weighted by Gasteiger charge is -2.12. The van der Waals surface area contributed by atoms with Crippen LogP contribution in [-0.4, -0.2) is 7.11 Å². The van der Waals surface area contributed by atoms with Crippen LogP contribution >= 0.6 is 0 Å². The van der Waals surface area contributed by atoms with Crippen LogP contribution in [0.25, 0.3) is 33.9 Å². The van der Waals surface area contributed by atoms with Gasteiger partial charge in [0.05, 0.1) is 18.1 Å². The Hall–Kier alpha value is -2.81. The molecule has 1 aromatic heterocycles. The molecule has 0 aliphatic rings. The van der Waals surface area contributed by atoms with Crippen LogP contribution in [0.1, 0.15) is 23.8 Å². The molecule has 0 saturated carbocycles. The highest BCUT2D eigenvalue weighted by molar-refractivity contribution is 6.10. The maximum Gasteiger partial charge on any atom is 0.201 e. The number of hydrogen-bond acceptors (Lipinski definition) is 3. The summed E-state index contributed by atoms with van der Waals surface area (Å²) < 4.78 is 11.5. The zero-order chi connectivity index (χ0) is 16.6. The smallest absolute Gasteiger partial charge is 0.201 e. The van der Waals surface area contributed by atoms with E-state index in [2.05, 4.69) is 6.58 Å². The summed E-state index contributed by atoms with van der Waals surface area (Å²) in [6.07, 6.45) is 5.13. The summed E-state index contributed by atoms with van der Waals surface area (Å²) in [7, 11) is 1.62. The van der Waals surface area contributed by atoms with E-state index in [0.717, 1.165) is 16.3 Å². The molecule has 0 atom stereocenters. The van der Waals surface area contributed by atoms with E-state index >= 15 is 0 Å². The Morgan fingerprint density at radius 1 is 1.17 bits per heavy atom. The van der Waals surface area contributed by atoms with Crippen molar-refractivity contribution in [2.75, 3.05) is 7.11 Å². The highest BCUT2D eigenvalue weighted by atomic mass is 16.5. The molecule has 3 rings (SSSR count). The molecule has 0 N–H and O–H groups in total. The Morgan fingerprint density at radius 2 is 1.91 bits per heavy atom. The van der Waals surface area contributed by atoms with Gasteiger partial charge < -0.3 is 9.15 Å². The Kier molecular flexibility index (Phi) is 3.78. The molecular formula is C20H18O3. The standard InChI is InChI=1S/C20H18O3/c1-5-7-14-15(6-2)23-16-11-10-13-9-8-12(3)20(22-4)17(13)18(16)19(14)21/h5-11H,2H2,1,3-4H3/b7-5-. The molecule has 3 heteroatoms. The van der Waals surface area contributed by atoms with Crippen LogP contribution in [0.5, 0.6) is 5.75 Å². The van der Waals surface area contributed by atoms with Gasteiger partial charge >= 0.3 is 0 Å². The number of ether oxygens (including phenoxy) is 1. The van der Waals surface area contributed by atoms with Crippen LogP contribution in [-0.2, 0) is 0 Å². The lowest BCUT2D eigenvalue weighted by Crippen LogP contribution is -2.08. The molecule has 0 fully saturated rings. The molecule has 2 aromatic carbocycles. The van der Waals surface area contributed by atoms with Gasteiger partial charge in [0.1, 0.15) is 17.1 Å². The van der Waals surface area contributed by atoms with Crippen molar-refractivity contribution in [3.05, 3.63) is 64.0 Å². The third kappa shape index (κ3) is 2.25. The summed E-state index contributed by atoms with van der Waals surface area (Å²) >= 11 is 0. The van der Waals surface area contributed by atoms with Crippen LogP contribution in [0.3, 0.4) is 0 Å². The molecule has 0 spiro atoms. The molecule has 0 unspecified atom stereocenters.